The van der Waals surface area contributed by atoms with E-state index in [9.17, 15) is 4.39 Å². The average Bonchev–Trinajstić information content (AvgIpc) is 2.34. The topological polar surface area (TPSA) is 12.0 Å². The predicted octanol–water partition coefficient (Wildman–Crippen LogP) is 3.24. The van der Waals surface area contributed by atoms with Crippen LogP contribution < -0.4 is 5.32 Å². The molecule has 1 aromatic rings. The normalized spacial score (nSPS) is 22.4. The third-order valence-electron chi connectivity index (χ3n) is 3.09. The van der Waals surface area contributed by atoms with Crippen molar-refractivity contribution in [2.75, 3.05) is 24.3 Å². The molecule has 0 spiro atoms. The minimum atomic E-state index is -0.147. The molecule has 0 radical (unpaired) electrons. The molecule has 1 heterocycles. The summed E-state index contributed by atoms with van der Waals surface area (Å²) in [5.41, 5.74) is 2.27. The largest absolute Gasteiger partial charge is 0.312 e. The average molecular weight is 271 g/mol. The summed E-state index contributed by atoms with van der Waals surface area (Å²) in [7, 11) is 1.99. The lowest BCUT2D eigenvalue weighted by atomic mass is 9.99. The van der Waals surface area contributed by atoms with Gasteiger partial charge in [0.2, 0.25) is 0 Å². The summed E-state index contributed by atoms with van der Waals surface area (Å²) in [5.74, 6) is 3.49. The number of nitrogens with one attached hydrogen (secondary N) is 1. The molecule has 0 aliphatic carbocycles. The molecule has 2 unspecified atom stereocenters. The first kappa shape index (κ1) is 13.2. The highest BCUT2D eigenvalue weighted by Crippen LogP contribution is 2.34. The first-order valence-corrected chi connectivity index (χ1v) is 8.05. The second-order valence-electron chi connectivity index (χ2n) is 4.25. The molecule has 1 saturated heterocycles. The van der Waals surface area contributed by atoms with E-state index in [1.165, 1.54) is 22.8 Å². The molecule has 4 heteroatoms. The van der Waals surface area contributed by atoms with Gasteiger partial charge < -0.3 is 5.32 Å². The molecule has 0 bridgehead atoms. The summed E-state index contributed by atoms with van der Waals surface area (Å²) >= 11 is 4.04. The van der Waals surface area contributed by atoms with Gasteiger partial charge >= 0.3 is 0 Å². The maximum absolute atomic E-state index is 13.1. The van der Waals surface area contributed by atoms with Crippen LogP contribution in [0.2, 0.25) is 0 Å². The molecule has 1 aliphatic rings. The highest BCUT2D eigenvalue weighted by Gasteiger charge is 2.25. The first-order valence-electron chi connectivity index (χ1n) is 5.85. The zero-order valence-corrected chi connectivity index (χ0v) is 11.8. The van der Waals surface area contributed by atoms with E-state index in [4.69, 9.17) is 0 Å². The third-order valence-corrected chi connectivity index (χ3v) is 5.96. The van der Waals surface area contributed by atoms with Crippen LogP contribution in [0.3, 0.4) is 0 Å². The van der Waals surface area contributed by atoms with Gasteiger partial charge in [-0.05, 0) is 37.2 Å². The Labute approximate surface area is 111 Å². The summed E-state index contributed by atoms with van der Waals surface area (Å²) in [6.07, 6.45) is 0. The van der Waals surface area contributed by atoms with Crippen molar-refractivity contribution >= 4 is 23.5 Å². The minimum Gasteiger partial charge on any atom is -0.312 e. The van der Waals surface area contributed by atoms with Gasteiger partial charge in [-0.1, -0.05) is 6.07 Å². The van der Waals surface area contributed by atoms with E-state index in [1.54, 1.807) is 12.1 Å². The molecule has 0 amide bonds. The van der Waals surface area contributed by atoms with Gasteiger partial charge in [0, 0.05) is 28.6 Å². The molecule has 1 aliphatic heterocycles. The fourth-order valence-corrected chi connectivity index (χ4v) is 5.13. The zero-order chi connectivity index (χ0) is 12.3. The van der Waals surface area contributed by atoms with Crippen LogP contribution in [-0.2, 0) is 0 Å². The smallest absolute Gasteiger partial charge is 0.123 e. The van der Waals surface area contributed by atoms with Gasteiger partial charge in [0.15, 0.2) is 0 Å². The molecule has 1 nitrogen and oxygen atoms in total. The number of hydrogen-bond donors (Lipinski definition) is 1. The van der Waals surface area contributed by atoms with Crippen molar-refractivity contribution in [3.8, 4) is 0 Å². The Bertz CT molecular complexity index is 378. The van der Waals surface area contributed by atoms with Gasteiger partial charge in [-0.15, -0.1) is 0 Å². The predicted molar refractivity (Wildman–Crippen MR) is 76.5 cm³/mol. The second-order valence-corrected chi connectivity index (χ2v) is 6.75. The van der Waals surface area contributed by atoms with Crippen LogP contribution in [0.1, 0.15) is 17.2 Å². The van der Waals surface area contributed by atoms with E-state index in [-0.39, 0.29) is 5.82 Å². The number of hydrogen-bond acceptors (Lipinski definition) is 3. The van der Waals surface area contributed by atoms with E-state index in [2.05, 4.69) is 5.32 Å². The molecule has 0 aromatic heterocycles. The van der Waals surface area contributed by atoms with Crippen molar-refractivity contribution in [1.82, 2.24) is 5.32 Å². The van der Waals surface area contributed by atoms with Crippen LogP contribution in [0.15, 0.2) is 18.2 Å². The zero-order valence-electron chi connectivity index (χ0n) is 10.2. The van der Waals surface area contributed by atoms with E-state index in [1.807, 2.05) is 43.6 Å². The van der Waals surface area contributed by atoms with E-state index in [0.29, 0.717) is 11.3 Å². The first-order chi connectivity index (χ1) is 8.22. The molecule has 0 saturated carbocycles. The molecular formula is C13H18FNS2. The lowest BCUT2D eigenvalue weighted by Gasteiger charge is -2.30. The Morgan fingerprint density at radius 3 is 2.82 bits per heavy atom. The Balaban J connectivity index is 2.21. The maximum Gasteiger partial charge on any atom is 0.123 e. The summed E-state index contributed by atoms with van der Waals surface area (Å²) in [5, 5.41) is 3.98. The molecule has 94 valence electrons. The fraction of sp³-hybridized carbons (Fsp3) is 0.538. The van der Waals surface area contributed by atoms with Gasteiger partial charge in [0.25, 0.3) is 0 Å². The summed E-state index contributed by atoms with van der Waals surface area (Å²) in [6.45, 7) is 1.99. The highest BCUT2D eigenvalue weighted by atomic mass is 32.2. The molecule has 2 atom stereocenters. The molecule has 1 aromatic carbocycles. The van der Waals surface area contributed by atoms with E-state index in [0.717, 1.165) is 5.56 Å². The van der Waals surface area contributed by atoms with Crippen molar-refractivity contribution in [1.29, 1.82) is 0 Å². The van der Waals surface area contributed by atoms with Crippen LogP contribution in [0.25, 0.3) is 0 Å². The Hall–Kier alpha value is -0.190. The Morgan fingerprint density at radius 1 is 1.41 bits per heavy atom. The minimum absolute atomic E-state index is 0.147. The van der Waals surface area contributed by atoms with Crippen LogP contribution in [0.5, 0.6) is 0 Å². The summed E-state index contributed by atoms with van der Waals surface area (Å²) in [6, 6.07) is 5.44. The molecule has 2 rings (SSSR count). The fourth-order valence-electron chi connectivity index (χ4n) is 2.23. The monoisotopic (exact) mass is 271 g/mol. The van der Waals surface area contributed by atoms with Crippen LogP contribution in [0, 0.1) is 12.7 Å². The van der Waals surface area contributed by atoms with Gasteiger partial charge in [0.1, 0.15) is 5.82 Å². The van der Waals surface area contributed by atoms with E-state index >= 15 is 0 Å². The van der Waals surface area contributed by atoms with Crippen LogP contribution in [-0.4, -0.2) is 29.6 Å². The van der Waals surface area contributed by atoms with Gasteiger partial charge in [-0.3, -0.25) is 0 Å². The lowest BCUT2D eigenvalue weighted by Crippen LogP contribution is -2.32. The van der Waals surface area contributed by atoms with Crippen LogP contribution >= 0.6 is 23.5 Å². The maximum atomic E-state index is 13.1. The quantitative estimate of drug-likeness (QED) is 0.906. The SMILES string of the molecule is CNC(c1ccc(F)cc1C)C1CSCCS1. The molecular weight excluding hydrogens is 253 g/mol. The van der Waals surface area contributed by atoms with Crippen molar-refractivity contribution in [2.24, 2.45) is 0 Å². The van der Waals surface area contributed by atoms with Gasteiger partial charge in [-0.25, -0.2) is 4.39 Å². The van der Waals surface area contributed by atoms with Crippen LogP contribution in [0.4, 0.5) is 4.39 Å². The van der Waals surface area contributed by atoms with Crippen molar-refractivity contribution in [2.45, 2.75) is 18.2 Å². The number of halogens is 1. The second kappa shape index (κ2) is 6.12. The lowest BCUT2D eigenvalue weighted by molar-refractivity contribution is 0.582. The molecule has 1 N–H and O–H groups in total. The van der Waals surface area contributed by atoms with Crippen molar-refractivity contribution in [3.05, 3.63) is 35.1 Å². The van der Waals surface area contributed by atoms with Crippen molar-refractivity contribution < 1.29 is 4.39 Å². The summed E-state index contributed by atoms with van der Waals surface area (Å²) in [4.78, 5) is 0. The highest BCUT2D eigenvalue weighted by molar-refractivity contribution is 8.06. The number of thioether (sulfide) groups is 2. The van der Waals surface area contributed by atoms with E-state index < -0.39 is 0 Å². The van der Waals surface area contributed by atoms with Crippen molar-refractivity contribution in [3.63, 3.8) is 0 Å². The van der Waals surface area contributed by atoms with Gasteiger partial charge in [0.05, 0.1) is 0 Å². The summed E-state index contributed by atoms with van der Waals surface area (Å²) < 4.78 is 13.1. The number of aryl methyl sites for hydroxylation is 1. The number of rotatable bonds is 3. The standard InChI is InChI=1S/C13H18FNS2/c1-9-7-10(14)3-4-11(9)13(15-2)12-8-16-5-6-17-12/h3-4,7,12-13,15H,5-6,8H2,1-2H3. The van der Waals surface area contributed by atoms with Gasteiger partial charge in [-0.2, -0.15) is 23.5 Å². The Morgan fingerprint density at radius 2 is 2.24 bits per heavy atom. The number of benzene rings is 1. The molecule has 1 fully saturated rings. The Kier molecular flexibility index (Phi) is 4.77. The third kappa shape index (κ3) is 3.18. The molecule has 17 heavy (non-hydrogen) atoms.